The summed E-state index contributed by atoms with van der Waals surface area (Å²) in [5.41, 5.74) is 5.48. The fraction of sp³-hybridized carbons (Fsp3) is 0.278. The van der Waals surface area contributed by atoms with Crippen LogP contribution in [0.25, 0.3) is 0 Å². The molecule has 2 rings (SSSR count). The summed E-state index contributed by atoms with van der Waals surface area (Å²) in [4.78, 5) is 22.9. The molecule has 4 heteroatoms. The van der Waals surface area contributed by atoms with E-state index in [0.717, 1.165) is 16.7 Å². The zero-order valence-corrected chi connectivity index (χ0v) is 13.3. The second kappa shape index (κ2) is 6.10. The fourth-order valence-electron chi connectivity index (χ4n) is 2.79. The summed E-state index contributed by atoms with van der Waals surface area (Å²) in [5, 5.41) is 10.8. The van der Waals surface area contributed by atoms with Crippen LogP contribution >= 0.6 is 0 Å². The molecule has 0 fully saturated rings. The molecule has 0 heterocycles. The van der Waals surface area contributed by atoms with Crippen LogP contribution in [0.15, 0.2) is 30.3 Å². The minimum Gasteiger partial charge on any atom is -0.294 e. The number of carbonyl (C=O) groups excluding carboxylic acids is 1. The van der Waals surface area contributed by atoms with E-state index in [0.29, 0.717) is 17.5 Å². The van der Waals surface area contributed by atoms with Crippen molar-refractivity contribution in [3.63, 3.8) is 0 Å². The molecule has 4 nitrogen and oxygen atoms in total. The van der Waals surface area contributed by atoms with Gasteiger partial charge in [0.2, 0.25) is 0 Å². The lowest BCUT2D eigenvalue weighted by Gasteiger charge is -2.11. The van der Waals surface area contributed by atoms with Crippen molar-refractivity contribution in [2.24, 2.45) is 0 Å². The van der Waals surface area contributed by atoms with Gasteiger partial charge >= 0.3 is 0 Å². The number of aryl methyl sites for hydroxylation is 4. The van der Waals surface area contributed by atoms with Crippen molar-refractivity contribution in [2.75, 3.05) is 0 Å². The van der Waals surface area contributed by atoms with E-state index in [-0.39, 0.29) is 11.5 Å². The highest BCUT2D eigenvalue weighted by atomic mass is 16.6. The van der Waals surface area contributed by atoms with Crippen LogP contribution in [0.3, 0.4) is 0 Å². The lowest BCUT2D eigenvalue weighted by atomic mass is 9.93. The normalized spacial score (nSPS) is 10.5. The Kier molecular flexibility index (Phi) is 4.40. The van der Waals surface area contributed by atoms with Gasteiger partial charge in [-0.15, -0.1) is 0 Å². The SMILES string of the molecule is Cc1cc(C)c(CC(=O)c2ccc([N+](=O)[O-])c(C)c2)c(C)c1. The number of benzene rings is 2. The van der Waals surface area contributed by atoms with Gasteiger partial charge in [0.15, 0.2) is 5.78 Å². The predicted molar refractivity (Wildman–Crippen MR) is 86.5 cm³/mol. The number of rotatable bonds is 4. The van der Waals surface area contributed by atoms with E-state index in [1.54, 1.807) is 13.0 Å². The Morgan fingerprint density at radius 1 is 1.00 bits per heavy atom. The van der Waals surface area contributed by atoms with Gasteiger partial charge in [0, 0.05) is 23.6 Å². The van der Waals surface area contributed by atoms with Crippen LogP contribution in [-0.2, 0) is 6.42 Å². The highest BCUT2D eigenvalue weighted by Gasteiger charge is 2.15. The van der Waals surface area contributed by atoms with Crippen LogP contribution in [0.5, 0.6) is 0 Å². The largest absolute Gasteiger partial charge is 0.294 e. The number of carbonyl (C=O) groups is 1. The summed E-state index contributed by atoms with van der Waals surface area (Å²) in [6.07, 6.45) is 0.315. The zero-order valence-electron chi connectivity index (χ0n) is 13.3. The van der Waals surface area contributed by atoms with Gasteiger partial charge in [-0.2, -0.15) is 0 Å². The van der Waals surface area contributed by atoms with Crippen LogP contribution < -0.4 is 0 Å². The predicted octanol–water partition coefficient (Wildman–Crippen LogP) is 4.25. The van der Waals surface area contributed by atoms with Crippen LogP contribution in [-0.4, -0.2) is 10.7 Å². The van der Waals surface area contributed by atoms with Gasteiger partial charge in [0.25, 0.3) is 5.69 Å². The Morgan fingerprint density at radius 2 is 1.59 bits per heavy atom. The van der Waals surface area contributed by atoms with E-state index in [1.165, 1.54) is 17.7 Å². The summed E-state index contributed by atoms with van der Waals surface area (Å²) >= 11 is 0. The van der Waals surface area contributed by atoms with Gasteiger partial charge in [-0.3, -0.25) is 14.9 Å². The third kappa shape index (κ3) is 3.22. The molecule has 0 spiro atoms. The Bertz CT molecular complexity index is 740. The highest BCUT2D eigenvalue weighted by Crippen LogP contribution is 2.22. The van der Waals surface area contributed by atoms with E-state index in [2.05, 4.69) is 12.1 Å². The fourth-order valence-corrected chi connectivity index (χ4v) is 2.79. The molecule has 0 bridgehead atoms. The summed E-state index contributed by atoms with van der Waals surface area (Å²) in [6, 6.07) is 8.66. The number of nitrogens with zero attached hydrogens (tertiary/aromatic N) is 1. The first kappa shape index (κ1) is 15.9. The summed E-state index contributed by atoms with van der Waals surface area (Å²) < 4.78 is 0. The van der Waals surface area contributed by atoms with Crippen molar-refractivity contribution >= 4 is 11.5 Å². The standard InChI is InChI=1S/C18H19NO3/c1-11-7-12(2)16(13(3)8-11)10-18(20)15-5-6-17(19(21)22)14(4)9-15/h5-9H,10H2,1-4H3. The van der Waals surface area contributed by atoms with Gasteiger partial charge in [0.1, 0.15) is 0 Å². The monoisotopic (exact) mass is 297 g/mol. The lowest BCUT2D eigenvalue weighted by Crippen LogP contribution is -2.07. The molecule has 2 aromatic rings. The van der Waals surface area contributed by atoms with E-state index >= 15 is 0 Å². The minimum atomic E-state index is -0.433. The lowest BCUT2D eigenvalue weighted by molar-refractivity contribution is -0.385. The third-order valence-corrected chi connectivity index (χ3v) is 3.89. The third-order valence-electron chi connectivity index (χ3n) is 3.89. The van der Waals surface area contributed by atoms with Gasteiger partial charge in [0.05, 0.1) is 4.92 Å². The average molecular weight is 297 g/mol. The smallest absolute Gasteiger partial charge is 0.272 e. The molecule has 114 valence electrons. The molecular weight excluding hydrogens is 278 g/mol. The molecule has 0 N–H and O–H groups in total. The Labute approximate surface area is 129 Å². The molecule has 0 radical (unpaired) electrons. The summed E-state index contributed by atoms with van der Waals surface area (Å²) in [5.74, 6) is -0.0203. The molecule has 0 aliphatic rings. The van der Waals surface area contributed by atoms with Gasteiger partial charge < -0.3 is 0 Å². The molecule has 0 saturated heterocycles. The van der Waals surface area contributed by atoms with Crippen molar-refractivity contribution in [2.45, 2.75) is 34.1 Å². The first-order chi connectivity index (χ1) is 10.3. The molecule has 0 saturated carbocycles. The molecule has 0 aliphatic heterocycles. The van der Waals surface area contributed by atoms with Gasteiger partial charge in [-0.25, -0.2) is 0 Å². The Morgan fingerprint density at radius 3 is 2.09 bits per heavy atom. The van der Waals surface area contributed by atoms with Gasteiger partial charge in [-0.05, 0) is 56.5 Å². The van der Waals surface area contributed by atoms with Crippen LogP contribution in [0.2, 0.25) is 0 Å². The molecule has 0 aromatic heterocycles. The maximum atomic E-state index is 12.5. The highest BCUT2D eigenvalue weighted by molar-refractivity contribution is 5.98. The average Bonchev–Trinajstić information content (AvgIpc) is 2.41. The van der Waals surface area contributed by atoms with Crippen molar-refractivity contribution in [3.8, 4) is 0 Å². The summed E-state index contributed by atoms with van der Waals surface area (Å²) in [6.45, 7) is 7.69. The Hall–Kier alpha value is -2.49. The van der Waals surface area contributed by atoms with Crippen LogP contribution in [0.4, 0.5) is 5.69 Å². The van der Waals surface area contributed by atoms with Crippen molar-refractivity contribution in [1.82, 2.24) is 0 Å². The van der Waals surface area contributed by atoms with Gasteiger partial charge in [-0.1, -0.05) is 17.7 Å². The second-order valence-electron chi connectivity index (χ2n) is 5.74. The molecule has 0 amide bonds. The van der Waals surface area contributed by atoms with Crippen molar-refractivity contribution < 1.29 is 9.72 Å². The van der Waals surface area contributed by atoms with Crippen molar-refractivity contribution in [3.05, 3.63) is 73.8 Å². The van der Waals surface area contributed by atoms with E-state index < -0.39 is 4.92 Å². The van der Waals surface area contributed by atoms with E-state index in [1.807, 2.05) is 20.8 Å². The first-order valence-corrected chi connectivity index (χ1v) is 7.14. The quantitative estimate of drug-likeness (QED) is 0.481. The van der Waals surface area contributed by atoms with E-state index in [4.69, 9.17) is 0 Å². The molecule has 22 heavy (non-hydrogen) atoms. The molecular formula is C18H19NO3. The van der Waals surface area contributed by atoms with Crippen LogP contribution in [0, 0.1) is 37.8 Å². The first-order valence-electron chi connectivity index (χ1n) is 7.14. The zero-order chi connectivity index (χ0) is 16.4. The number of nitro groups is 1. The van der Waals surface area contributed by atoms with Crippen molar-refractivity contribution in [1.29, 1.82) is 0 Å². The number of hydrogen-bond donors (Lipinski definition) is 0. The number of Topliss-reactive ketones (excluding diaryl/α,β-unsaturated/α-hetero) is 1. The molecule has 0 unspecified atom stereocenters. The number of hydrogen-bond acceptors (Lipinski definition) is 3. The molecule has 0 aliphatic carbocycles. The van der Waals surface area contributed by atoms with Crippen LogP contribution in [0.1, 0.15) is 38.2 Å². The maximum Gasteiger partial charge on any atom is 0.272 e. The van der Waals surface area contributed by atoms with E-state index in [9.17, 15) is 14.9 Å². The number of nitro benzene ring substituents is 1. The second-order valence-corrected chi connectivity index (χ2v) is 5.74. The molecule has 0 atom stereocenters. The molecule has 2 aromatic carbocycles. The Balaban J connectivity index is 2.30. The maximum absolute atomic E-state index is 12.5. The summed E-state index contributed by atoms with van der Waals surface area (Å²) in [7, 11) is 0. The minimum absolute atomic E-state index is 0.0203. The topological polar surface area (TPSA) is 60.2 Å². The number of ketones is 1.